The molecule has 0 amide bonds. The van der Waals surface area contributed by atoms with Gasteiger partial charge in [0.2, 0.25) is 0 Å². The molecule has 0 spiro atoms. The summed E-state index contributed by atoms with van der Waals surface area (Å²) in [6.07, 6.45) is 1.71. The normalized spacial score (nSPS) is 11.1. The molecule has 27 heavy (non-hydrogen) atoms. The molecule has 3 nitrogen and oxygen atoms in total. The molecule has 0 unspecified atom stereocenters. The van der Waals surface area contributed by atoms with Gasteiger partial charge >= 0.3 is 0 Å². The minimum atomic E-state index is -0.359. The average Bonchev–Trinajstić information content (AvgIpc) is 2.68. The highest BCUT2D eigenvalue weighted by atomic mass is 35.5. The predicted octanol–water partition coefficient (Wildman–Crippen LogP) is 5.07. The van der Waals surface area contributed by atoms with Gasteiger partial charge in [0.05, 0.1) is 5.02 Å². The van der Waals surface area contributed by atoms with Crippen molar-refractivity contribution < 1.29 is 14.2 Å². The molecule has 0 aliphatic heterocycles. The number of benzene rings is 3. The van der Waals surface area contributed by atoms with Crippen LogP contribution < -0.4 is 10.1 Å². The third-order valence-corrected chi connectivity index (χ3v) is 4.81. The fourth-order valence-corrected chi connectivity index (χ4v) is 3.22. The SMILES string of the molecule is OCCCCNCc1c(OCc2ccc(F)cc2Cl)ccc2ccccc12. The monoisotopic (exact) mass is 387 g/mol. The molecular weight excluding hydrogens is 365 g/mol. The molecule has 0 bridgehead atoms. The molecule has 3 aromatic rings. The number of aliphatic hydroxyl groups excluding tert-OH is 1. The Kier molecular flexibility index (Phi) is 7.04. The zero-order valence-corrected chi connectivity index (χ0v) is 15.8. The molecule has 0 heterocycles. The Balaban J connectivity index is 1.79. The minimum absolute atomic E-state index is 0.211. The van der Waals surface area contributed by atoms with Crippen LogP contribution in [0.1, 0.15) is 24.0 Å². The Morgan fingerprint density at radius 2 is 1.89 bits per heavy atom. The zero-order chi connectivity index (χ0) is 19.1. The largest absolute Gasteiger partial charge is 0.488 e. The maximum atomic E-state index is 13.2. The first kappa shape index (κ1) is 19.6. The highest BCUT2D eigenvalue weighted by Gasteiger charge is 2.10. The van der Waals surface area contributed by atoms with Crippen LogP contribution in [-0.2, 0) is 13.2 Å². The lowest BCUT2D eigenvalue weighted by molar-refractivity contribution is 0.283. The quantitative estimate of drug-likeness (QED) is 0.503. The second kappa shape index (κ2) is 9.70. The van der Waals surface area contributed by atoms with E-state index in [1.54, 1.807) is 6.07 Å². The van der Waals surface area contributed by atoms with E-state index in [4.69, 9.17) is 21.4 Å². The molecule has 0 radical (unpaired) electrons. The zero-order valence-electron chi connectivity index (χ0n) is 15.1. The van der Waals surface area contributed by atoms with Crippen molar-refractivity contribution in [3.8, 4) is 5.75 Å². The smallest absolute Gasteiger partial charge is 0.124 e. The van der Waals surface area contributed by atoms with Gasteiger partial charge in [-0.3, -0.25) is 0 Å². The molecule has 0 fully saturated rings. The van der Waals surface area contributed by atoms with Gasteiger partial charge in [0, 0.05) is 24.3 Å². The fourth-order valence-electron chi connectivity index (χ4n) is 3.00. The van der Waals surface area contributed by atoms with Crippen molar-refractivity contribution in [1.29, 1.82) is 0 Å². The Morgan fingerprint density at radius 3 is 2.70 bits per heavy atom. The van der Waals surface area contributed by atoms with E-state index in [1.165, 1.54) is 12.1 Å². The van der Waals surface area contributed by atoms with Crippen LogP contribution in [0.4, 0.5) is 4.39 Å². The van der Waals surface area contributed by atoms with Crippen molar-refractivity contribution >= 4 is 22.4 Å². The third-order valence-electron chi connectivity index (χ3n) is 4.46. The van der Waals surface area contributed by atoms with Gasteiger partial charge in [-0.15, -0.1) is 0 Å². The van der Waals surface area contributed by atoms with Crippen molar-refractivity contribution in [2.24, 2.45) is 0 Å². The highest BCUT2D eigenvalue weighted by molar-refractivity contribution is 6.31. The number of halogens is 2. The lowest BCUT2D eigenvalue weighted by Gasteiger charge is -2.16. The lowest BCUT2D eigenvalue weighted by Crippen LogP contribution is -2.16. The van der Waals surface area contributed by atoms with Gasteiger partial charge in [-0.2, -0.15) is 0 Å². The summed E-state index contributed by atoms with van der Waals surface area (Å²) in [5, 5.41) is 15.0. The van der Waals surface area contributed by atoms with Crippen LogP contribution in [0.3, 0.4) is 0 Å². The summed E-state index contributed by atoms with van der Waals surface area (Å²) in [6.45, 7) is 1.98. The van der Waals surface area contributed by atoms with E-state index >= 15 is 0 Å². The summed E-state index contributed by atoms with van der Waals surface area (Å²) in [6, 6.07) is 16.5. The summed E-state index contributed by atoms with van der Waals surface area (Å²) in [4.78, 5) is 0. The van der Waals surface area contributed by atoms with Gasteiger partial charge < -0.3 is 15.2 Å². The average molecular weight is 388 g/mol. The summed E-state index contributed by atoms with van der Waals surface area (Å²) in [7, 11) is 0. The maximum absolute atomic E-state index is 13.2. The highest BCUT2D eigenvalue weighted by Crippen LogP contribution is 2.29. The second-order valence-corrected chi connectivity index (χ2v) is 6.80. The number of aliphatic hydroxyl groups is 1. The van der Waals surface area contributed by atoms with Crippen LogP contribution in [0.25, 0.3) is 10.8 Å². The number of nitrogens with one attached hydrogen (secondary N) is 1. The summed E-state index contributed by atoms with van der Waals surface area (Å²) < 4.78 is 19.3. The topological polar surface area (TPSA) is 41.5 Å². The Bertz CT molecular complexity index is 901. The van der Waals surface area contributed by atoms with Gasteiger partial charge in [0.25, 0.3) is 0 Å². The van der Waals surface area contributed by atoms with Crippen LogP contribution in [0.2, 0.25) is 5.02 Å². The Hall–Kier alpha value is -2.14. The first-order valence-corrected chi connectivity index (χ1v) is 9.46. The van der Waals surface area contributed by atoms with Crippen LogP contribution in [0.15, 0.2) is 54.6 Å². The number of fused-ring (bicyclic) bond motifs is 1. The van der Waals surface area contributed by atoms with Crippen molar-refractivity contribution in [3.63, 3.8) is 0 Å². The molecule has 142 valence electrons. The van der Waals surface area contributed by atoms with Crippen LogP contribution in [0.5, 0.6) is 5.75 Å². The molecule has 3 aromatic carbocycles. The Morgan fingerprint density at radius 1 is 1.04 bits per heavy atom. The van der Waals surface area contributed by atoms with Crippen molar-refractivity contribution in [3.05, 3.63) is 76.6 Å². The predicted molar refractivity (Wildman–Crippen MR) is 108 cm³/mol. The lowest BCUT2D eigenvalue weighted by atomic mass is 10.0. The number of hydrogen-bond donors (Lipinski definition) is 2. The van der Waals surface area contributed by atoms with Crippen LogP contribution >= 0.6 is 11.6 Å². The number of hydrogen-bond acceptors (Lipinski definition) is 3. The van der Waals surface area contributed by atoms with E-state index in [1.807, 2.05) is 24.3 Å². The summed E-state index contributed by atoms with van der Waals surface area (Å²) in [5.74, 6) is 0.422. The third kappa shape index (κ3) is 5.19. The maximum Gasteiger partial charge on any atom is 0.124 e. The van der Waals surface area contributed by atoms with E-state index in [2.05, 4.69) is 17.4 Å². The second-order valence-electron chi connectivity index (χ2n) is 6.40. The molecule has 0 saturated heterocycles. The van der Waals surface area contributed by atoms with Crippen molar-refractivity contribution in [2.45, 2.75) is 26.0 Å². The molecule has 0 aromatic heterocycles. The summed E-state index contributed by atoms with van der Waals surface area (Å²) in [5.41, 5.74) is 1.82. The van der Waals surface area contributed by atoms with Gasteiger partial charge in [0.15, 0.2) is 0 Å². The van der Waals surface area contributed by atoms with Gasteiger partial charge in [-0.1, -0.05) is 48.0 Å². The van der Waals surface area contributed by atoms with Crippen LogP contribution in [0, 0.1) is 5.82 Å². The van der Waals surface area contributed by atoms with E-state index in [0.29, 0.717) is 11.6 Å². The van der Waals surface area contributed by atoms with E-state index in [9.17, 15) is 4.39 Å². The number of rotatable bonds is 9. The molecular formula is C22H23ClFNO2. The van der Waals surface area contributed by atoms with E-state index < -0.39 is 0 Å². The number of unbranched alkanes of at least 4 members (excludes halogenated alkanes) is 1. The molecule has 0 aliphatic carbocycles. The molecule has 3 rings (SSSR count). The van der Waals surface area contributed by atoms with E-state index in [0.717, 1.165) is 47.0 Å². The molecule has 0 aliphatic rings. The van der Waals surface area contributed by atoms with E-state index in [-0.39, 0.29) is 19.0 Å². The van der Waals surface area contributed by atoms with Crippen molar-refractivity contribution in [1.82, 2.24) is 5.32 Å². The van der Waals surface area contributed by atoms with Gasteiger partial charge in [0.1, 0.15) is 18.2 Å². The molecule has 0 atom stereocenters. The fraction of sp³-hybridized carbons (Fsp3) is 0.273. The first-order valence-electron chi connectivity index (χ1n) is 9.08. The Labute approximate surface area is 163 Å². The van der Waals surface area contributed by atoms with Gasteiger partial charge in [-0.05, 0) is 48.4 Å². The van der Waals surface area contributed by atoms with Crippen LogP contribution in [-0.4, -0.2) is 18.3 Å². The number of ether oxygens (including phenoxy) is 1. The van der Waals surface area contributed by atoms with Crippen molar-refractivity contribution in [2.75, 3.05) is 13.2 Å². The first-order chi connectivity index (χ1) is 13.2. The molecule has 0 saturated carbocycles. The standard InChI is InChI=1S/C22H23ClFNO2/c23-21-13-18(24)9-7-17(21)15-27-22-10-8-16-5-1-2-6-19(16)20(22)14-25-11-3-4-12-26/h1-2,5-10,13,25-26H,3-4,11-12,14-15H2. The summed E-state index contributed by atoms with van der Waals surface area (Å²) >= 11 is 6.11. The van der Waals surface area contributed by atoms with Gasteiger partial charge in [-0.25, -0.2) is 4.39 Å². The molecule has 2 N–H and O–H groups in total. The molecule has 5 heteroatoms. The minimum Gasteiger partial charge on any atom is -0.488 e.